The Labute approximate surface area is 135 Å². The van der Waals surface area contributed by atoms with Crippen LogP contribution in [-0.4, -0.2) is 27.7 Å². The molecule has 122 valence electrons. The third kappa shape index (κ3) is 4.42. The number of aromatic nitrogens is 3. The summed E-state index contributed by atoms with van der Waals surface area (Å²) < 4.78 is 18.4. The number of hydrogen-bond donors (Lipinski definition) is 2. The molecule has 0 aromatic carbocycles. The van der Waals surface area contributed by atoms with E-state index in [9.17, 15) is 4.39 Å². The van der Waals surface area contributed by atoms with E-state index in [4.69, 9.17) is 4.74 Å². The predicted octanol–water partition coefficient (Wildman–Crippen LogP) is 4.11. The molecule has 0 spiro atoms. The fourth-order valence-electron chi connectivity index (χ4n) is 2.10. The van der Waals surface area contributed by atoms with Gasteiger partial charge in [0.15, 0.2) is 5.82 Å². The summed E-state index contributed by atoms with van der Waals surface area (Å²) in [5.74, 6) is 1.28. The summed E-state index contributed by atoms with van der Waals surface area (Å²) in [6, 6.07) is 1.86. The zero-order chi connectivity index (χ0) is 16.7. The van der Waals surface area contributed by atoms with Crippen molar-refractivity contribution in [2.45, 2.75) is 26.4 Å². The SMILES string of the molecule is C=CC/C(OC(C)C)=C(\C=C/CF)Nc1ncnc2cc[nH]c12. The van der Waals surface area contributed by atoms with Gasteiger partial charge < -0.3 is 15.0 Å². The van der Waals surface area contributed by atoms with E-state index in [1.807, 2.05) is 19.9 Å². The number of anilines is 1. The van der Waals surface area contributed by atoms with Gasteiger partial charge >= 0.3 is 0 Å². The number of hydrogen-bond acceptors (Lipinski definition) is 4. The summed E-state index contributed by atoms with van der Waals surface area (Å²) in [4.78, 5) is 11.5. The first-order valence-corrected chi connectivity index (χ1v) is 7.44. The lowest BCUT2D eigenvalue weighted by Gasteiger charge is -2.17. The van der Waals surface area contributed by atoms with E-state index < -0.39 is 6.67 Å². The average molecular weight is 316 g/mol. The van der Waals surface area contributed by atoms with Gasteiger partial charge in [-0.15, -0.1) is 6.58 Å². The highest BCUT2D eigenvalue weighted by molar-refractivity contribution is 5.86. The molecule has 2 rings (SSSR count). The summed E-state index contributed by atoms with van der Waals surface area (Å²) in [5.41, 5.74) is 2.22. The monoisotopic (exact) mass is 316 g/mol. The molecule has 0 atom stereocenters. The number of ether oxygens (including phenoxy) is 1. The Bertz CT molecular complexity index is 718. The smallest absolute Gasteiger partial charge is 0.158 e. The first kappa shape index (κ1) is 16.7. The van der Waals surface area contributed by atoms with E-state index in [0.29, 0.717) is 23.7 Å². The molecule has 2 aromatic rings. The predicted molar refractivity (Wildman–Crippen MR) is 90.7 cm³/mol. The fourth-order valence-corrected chi connectivity index (χ4v) is 2.10. The molecule has 2 heterocycles. The molecule has 0 fully saturated rings. The van der Waals surface area contributed by atoms with E-state index >= 15 is 0 Å². The van der Waals surface area contributed by atoms with Gasteiger partial charge in [0.2, 0.25) is 0 Å². The number of aromatic amines is 1. The number of halogens is 1. The van der Waals surface area contributed by atoms with Gasteiger partial charge in [0.25, 0.3) is 0 Å². The van der Waals surface area contributed by atoms with Gasteiger partial charge in [-0.1, -0.05) is 12.2 Å². The molecular formula is C17H21FN4O. The van der Waals surface area contributed by atoms with Crippen molar-refractivity contribution in [3.05, 3.63) is 54.9 Å². The fraction of sp³-hybridized carbons (Fsp3) is 0.294. The Morgan fingerprint density at radius 3 is 3.00 bits per heavy atom. The zero-order valence-corrected chi connectivity index (χ0v) is 13.3. The van der Waals surface area contributed by atoms with Gasteiger partial charge in [0.1, 0.15) is 24.3 Å². The van der Waals surface area contributed by atoms with E-state index in [0.717, 1.165) is 11.0 Å². The minimum absolute atomic E-state index is 0.00330. The lowest BCUT2D eigenvalue weighted by Crippen LogP contribution is -2.10. The maximum absolute atomic E-state index is 12.6. The van der Waals surface area contributed by atoms with Crippen molar-refractivity contribution in [1.29, 1.82) is 0 Å². The number of nitrogens with one attached hydrogen (secondary N) is 2. The van der Waals surface area contributed by atoms with E-state index in [-0.39, 0.29) is 6.10 Å². The maximum atomic E-state index is 12.6. The third-order valence-corrected chi connectivity index (χ3v) is 2.98. The topological polar surface area (TPSA) is 62.8 Å². The number of alkyl halides is 1. The number of H-pyrrole nitrogens is 1. The minimum atomic E-state index is -0.560. The lowest BCUT2D eigenvalue weighted by atomic mass is 10.2. The van der Waals surface area contributed by atoms with Crippen LogP contribution in [-0.2, 0) is 4.74 Å². The molecule has 0 amide bonds. The van der Waals surface area contributed by atoms with Crippen LogP contribution in [0, 0.1) is 0 Å². The largest absolute Gasteiger partial charge is 0.493 e. The molecule has 0 unspecified atom stereocenters. The Hall–Kier alpha value is -2.63. The van der Waals surface area contributed by atoms with Gasteiger partial charge in [0, 0.05) is 12.6 Å². The number of nitrogens with zero attached hydrogens (tertiary/aromatic N) is 2. The highest BCUT2D eigenvalue weighted by atomic mass is 19.1. The highest BCUT2D eigenvalue weighted by Crippen LogP contribution is 2.22. The van der Waals surface area contributed by atoms with Gasteiger partial charge in [-0.3, -0.25) is 0 Å². The summed E-state index contributed by atoms with van der Waals surface area (Å²) >= 11 is 0. The van der Waals surface area contributed by atoms with Crippen LogP contribution in [0.1, 0.15) is 20.3 Å². The average Bonchev–Trinajstić information content (AvgIpc) is 3.00. The molecule has 0 saturated heterocycles. The molecule has 2 aromatic heterocycles. The van der Waals surface area contributed by atoms with Crippen LogP contribution in [0.25, 0.3) is 11.0 Å². The van der Waals surface area contributed by atoms with Crippen molar-refractivity contribution in [3.63, 3.8) is 0 Å². The van der Waals surface area contributed by atoms with Crippen LogP contribution in [0.3, 0.4) is 0 Å². The van der Waals surface area contributed by atoms with E-state index in [1.165, 1.54) is 12.4 Å². The molecule has 0 radical (unpaired) electrons. The second kappa shape index (κ2) is 8.12. The third-order valence-electron chi connectivity index (χ3n) is 2.98. The summed E-state index contributed by atoms with van der Waals surface area (Å²) in [5, 5.41) is 3.20. The molecule has 0 saturated carbocycles. The first-order chi connectivity index (χ1) is 11.2. The Balaban J connectivity index is 2.42. The molecule has 0 aliphatic heterocycles. The molecule has 5 nitrogen and oxygen atoms in total. The van der Waals surface area contributed by atoms with Crippen LogP contribution < -0.4 is 5.32 Å². The Morgan fingerprint density at radius 2 is 2.30 bits per heavy atom. The molecule has 0 aliphatic carbocycles. The molecule has 6 heteroatoms. The maximum Gasteiger partial charge on any atom is 0.158 e. The Morgan fingerprint density at radius 1 is 1.48 bits per heavy atom. The first-order valence-electron chi connectivity index (χ1n) is 7.44. The normalized spacial score (nSPS) is 12.7. The standard InChI is InChI=1S/C17H21FN4O/c1-4-6-15(23-12(2)3)13(7-5-9-18)22-17-16-14(8-10-19-16)20-11-21-17/h4-5,7-8,10-12,19H,1,6,9H2,2-3H3,(H,20,21,22)/b7-5-,15-13-. The number of allylic oxidation sites excluding steroid dienone is 3. The second-order valence-electron chi connectivity index (χ2n) is 5.14. The number of fused-ring (bicyclic) bond motifs is 1. The van der Waals surface area contributed by atoms with E-state index in [2.05, 4.69) is 26.8 Å². The Kier molecular flexibility index (Phi) is 5.91. The van der Waals surface area contributed by atoms with Crippen LogP contribution >= 0.6 is 0 Å². The van der Waals surface area contributed by atoms with Gasteiger partial charge in [-0.25, -0.2) is 14.4 Å². The molecule has 0 aliphatic rings. The molecule has 23 heavy (non-hydrogen) atoms. The number of rotatable bonds is 8. The zero-order valence-electron chi connectivity index (χ0n) is 13.3. The van der Waals surface area contributed by atoms with Crippen LogP contribution in [0.2, 0.25) is 0 Å². The van der Waals surface area contributed by atoms with Crippen molar-refractivity contribution in [1.82, 2.24) is 15.0 Å². The van der Waals surface area contributed by atoms with Crippen LogP contribution in [0.5, 0.6) is 0 Å². The molecule has 0 bridgehead atoms. The van der Waals surface area contributed by atoms with Crippen molar-refractivity contribution >= 4 is 16.9 Å². The minimum Gasteiger partial charge on any atom is -0.493 e. The molecular weight excluding hydrogens is 295 g/mol. The highest BCUT2D eigenvalue weighted by Gasteiger charge is 2.11. The summed E-state index contributed by atoms with van der Waals surface area (Å²) in [7, 11) is 0. The van der Waals surface area contributed by atoms with Crippen molar-refractivity contribution in [2.24, 2.45) is 0 Å². The lowest BCUT2D eigenvalue weighted by molar-refractivity contribution is 0.142. The molecule has 2 N–H and O–H groups in total. The van der Waals surface area contributed by atoms with Gasteiger partial charge in [-0.05, 0) is 26.0 Å². The van der Waals surface area contributed by atoms with Gasteiger partial charge in [-0.2, -0.15) is 0 Å². The summed E-state index contributed by atoms with van der Waals surface area (Å²) in [6.45, 7) is 7.06. The van der Waals surface area contributed by atoms with Crippen molar-refractivity contribution in [2.75, 3.05) is 12.0 Å². The summed E-state index contributed by atoms with van der Waals surface area (Å²) in [6.07, 6.45) is 8.60. The van der Waals surface area contributed by atoms with Crippen LogP contribution in [0.4, 0.5) is 10.2 Å². The van der Waals surface area contributed by atoms with E-state index in [1.54, 1.807) is 18.3 Å². The van der Waals surface area contributed by atoms with Crippen molar-refractivity contribution in [3.8, 4) is 0 Å². The quantitative estimate of drug-likeness (QED) is 0.437. The van der Waals surface area contributed by atoms with Crippen LogP contribution in [0.15, 0.2) is 54.9 Å². The van der Waals surface area contributed by atoms with Crippen molar-refractivity contribution < 1.29 is 9.13 Å². The van der Waals surface area contributed by atoms with Gasteiger partial charge in [0.05, 0.1) is 17.3 Å². The second-order valence-corrected chi connectivity index (χ2v) is 5.14.